The molecule has 8 N–H and O–H groups in total. The van der Waals surface area contributed by atoms with Gasteiger partial charge in [0.05, 0.1) is 22.1 Å². The number of carbonyl (C=O) groups is 3. The fourth-order valence-corrected chi connectivity index (χ4v) is 7.29. The molecule has 0 radical (unpaired) electrons. The Morgan fingerprint density at radius 1 is 1.00 bits per heavy atom. The van der Waals surface area contributed by atoms with Crippen molar-refractivity contribution in [2.24, 2.45) is 22.2 Å². The van der Waals surface area contributed by atoms with Gasteiger partial charge in [-0.2, -0.15) is 4.72 Å². The van der Waals surface area contributed by atoms with Crippen molar-refractivity contribution in [3.8, 4) is 10.4 Å². The largest absolute Gasteiger partial charge is 0.466 e. The van der Waals surface area contributed by atoms with E-state index in [0.29, 0.717) is 21.7 Å². The van der Waals surface area contributed by atoms with Gasteiger partial charge in [0, 0.05) is 24.8 Å². The normalized spacial score (nSPS) is 12.4. The Morgan fingerprint density at radius 3 is 2.23 bits per heavy atom. The summed E-state index contributed by atoms with van der Waals surface area (Å²) in [4.78, 5) is 42.5. The molecule has 0 fully saturated rings. The van der Waals surface area contributed by atoms with Crippen molar-refractivity contribution in [3.63, 3.8) is 0 Å². The number of nitrogens with zero attached hydrogens (tertiary/aromatic N) is 1. The Bertz CT molecular complexity index is 1630. The van der Waals surface area contributed by atoms with Crippen LogP contribution in [0.1, 0.15) is 39.7 Å². The molecule has 2 amide bonds. The molecule has 0 bridgehead atoms. The van der Waals surface area contributed by atoms with Crippen molar-refractivity contribution in [3.05, 3.63) is 70.1 Å². The molecule has 2 aromatic carbocycles. The quantitative estimate of drug-likeness (QED) is 0.111. The van der Waals surface area contributed by atoms with Crippen LogP contribution < -0.4 is 27.2 Å². The summed E-state index contributed by atoms with van der Waals surface area (Å²) in [6.45, 7) is 5.48. The molecule has 0 aliphatic heterocycles. The van der Waals surface area contributed by atoms with Crippen LogP contribution in [0.2, 0.25) is 0 Å². The molecule has 1 aromatic heterocycles. The first-order valence-corrected chi connectivity index (χ1v) is 15.1. The van der Waals surface area contributed by atoms with Gasteiger partial charge < -0.3 is 27.3 Å². The summed E-state index contributed by atoms with van der Waals surface area (Å²) in [5, 5.41) is 2.62. The summed E-state index contributed by atoms with van der Waals surface area (Å²) in [6.07, 6.45) is -0.321. The predicted octanol–water partition coefficient (Wildman–Crippen LogP) is 2.55. The lowest BCUT2D eigenvalue weighted by atomic mass is 9.96. The van der Waals surface area contributed by atoms with E-state index in [9.17, 15) is 22.8 Å². The minimum atomic E-state index is -4.32. The zero-order valence-corrected chi connectivity index (χ0v) is 26.5. The summed E-state index contributed by atoms with van der Waals surface area (Å²) >= 11 is 1.17. The summed E-state index contributed by atoms with van der Waals surface area (Å²) in [6, 6.07) is 13.8. The van der Waals surface area contributed by atoms with E-state index in [0.717, 1.165) is 16.0 Å². The van der Waals surface area contributed by atoms with Gasteiger partial charge in [0.25, 0.3) is 5.91 Å². The van der Waals surface area contributed by atoms with Gasteiger partial charge in [-0.1, -0.05) is 29.8 Å². The number of hydrogen-bond acceptors (Lipinski definition) is 8. The first-order valence-electron chi connectivity index (χ1n) is 12.8. The van der Waals surface area contributed by atoms with Crippen molar-refractivity contribution >= 4 is 63.2 Å². The maximum absolute atomic E-state index is 13.6. The molecule has 232 valence electrons. The number of benzene rings is 2. The molecule has 12 nitrogen and oxygen atoms in total. The number of primary amides is 1. The number of rotatable bonds is 12. The van der Waals surface area contributed by atoms with Gasteiger partial charge >= 0.3 is 5.97 Å². The lowest BCUT2D eigenvalue weighted by Gasteiger charge is -2.32. The van der Waals surface area contributed by atoms with Crippen LogP contribution in [0.4, 0.5) is 5.69 Å². The number of aliphatic imine (C=N–C) groups is 1. The second kappa shape index (κ2) is 14.5. The lowest BCUT2D eigenvalue weighted by molar-refractivity contribution is -0.142. The van der Waals surface area contributed by atoms with Gasteiger partial charge in [-0.3, -0.25) is 14.4 Å². The molecule has 3 rings (SSSR count). The van der Waals surface area contributed by atoms with Gasteiger partial charge in [0.15, 0.2) is 5.96 Å². The van der Waals surface area contributed by atoms with E-state index in [1.54, 1.807) is 56.3 Å². The molecule has 1 unspecified atom stereocenters. The Labute approximate surface area is 260 Å². The third-order valence-electron chi connectivity index (χ3n) is 6.28. The van der Waals surface area contributed by atoms with Gasteiger partial charge in [0.2, 0.25) is 15.9 Å². The molecule has 0 aliphatic carbocycles. The van der Waals surface area contributed by atoms with Crippen molar-refractivity contribution < 1.29 is 27.5 Å². The molecule has 0 spiro atoms. The summed E-state index contributed by atoms with van der Waals surface area (Å²) in [5.74, 6) is -2.33. The Hall–Kier alpha value is -3.98. The maximum atomic E-state index is 13.6. The Morgan fingerprint density at radius 2 is 1.65 bits per heavy atom. The molecule has 3 aromatic rings. The van der Waals surface area contributed by atoms with Crippen molar-refractivity contribution in [1.29, 1.82) is 0 Å². The van der Waals surface area contributed by atoms with Crippen molar-refractivity contribution in [1.82, 2.24) is 10.0 Å². The fraction of sp³-hybridized carbons (Fsp3) is 0.286. The molecular formula is C28H35ClN6O6S2. The molecule has 1 atom stereocenters. The fourth-order valence-electron chi connectivity index (χ4n) is 4.52. The SMILES string of the molecule is CC(=O)OCCC(CNC(=O)c1ccc(-c2cccc(N=C(N)N)c2)s1)(NS(=O)(=O)c1c(C)cc(C)cc1C)C(N)=O.Cl. The van der Waals surface area contributed by atoms with Gasteiger partial charge in [-0.15, -0.1) is 23.7 Å². The molecule has 0 aliphatic rings. The minimum absolute atomic E-state index is 0. The average Bonchev–Trinajstić information content (AvgIpc) is 3.36. The van der Waals surface area contributed by atoms with E-state index >= 15 is 0 Å². The number of halogens is 1. The van der Waals surface area contributed by atoms with Crippen LogP contribution in [0.3, 0.4) is 0 Å². The first-order chi connectivity index (χ1) is 19.6. The van der Waals surface area contributed by atoms with E-state index in [1.165, 1.54) is 18.3 Å². The van der Waals surface area contributed by atoms with Gasteiger partial charge in [-0.05, 0) is 61.7 Å². The number of aryl methyl sites for hydroxylation is 3. The topological polar surface area (TPSA) is 209 Å². The lowest BCUT2D eigenvalue weighted by Crippen LogP contribution is -2.63. The van der Waals surface area contributed by atoms with Crippen molar-refractivity contribution in [2.45, 2.75) is 44.6 Å². The second-order valence-electron chi connectivity index (χ2n) is 9.80. The number of amides is 2. The highest BCUT2D eigenvalue weighted by molar-refractivity contribution is 7.89. The zero-order valence-electron chi connectivity index (χ0n) is 24.1. The molecule has 43 heavy (non-hydrogen) atoms. The monoisotopic (exact) mass is 650 g/mol. The highest BCUT2D eigenvalue weighted by Gasteiger charge is 2.42. The van der Waals surface area contributed by atoms with Gasteiger partial charge in [-0.25, -0.2) is 13.4 Å². The number of esters is 1. The third-order valence-corrected chi connectivity index (χ3v) is 9.25. The Balaban J connectivity index is 0.00000645. The van der Waals surface area contributed by atoms with Crippen molar-refractivity contribution in [2.75, 3.05) is 13.2 Å². The zero-order chi connectivity index (χ0) is 31.2. The first kappa shape index (κ1) is 35.2. The smallest absolute Gasteiger partial charge is 0.302 e. The highest BCUT2D eigenvalue weighted by atomic mass is 35.5. The van der Waals surface area contributed by atoms with Crippen LogP contribution in [0.5, 0.6) is 0 Å². The maximum Gasteiger partial charge on any atom is 0.302 e. The number of nitrogens with two attached hydrogens (primary N) is 3. The van der Waals surface area contributed by atoms with Crippen LogP contribution in [0.15, 0.2) is 58.4 Å². The summed E-state index contributed by atoms with van der Waals surface area (Å²) < 4.78 is 34.6. The van der Waals surface area contributed by atoms with Crippen LogP contribution in [-0.2, 0) is 24.3 Å². The number of thiophene rings is 1. The second-order valence-corrected chi connectivity index (χ2v) is 12.5. The number of carbonyl (C=O) groups excluding carboxylic acids is 3. The average molecular weight is 651 g/mol. The molecule has 0 saturated carbocycles. The molecule has 1 heterocycles. The van der Waals surface area contributed by atoms with Crippen LogP contribution >= 0.6 is 23.7 Å². The Kier molecular flexibility index (Phi) is 11.8. The third kappa shape index (κ3) is 9.00. The summed E-state index contributed by atoms with van der Waals surface area (Å²) in [7, 11) is -4.32. The summed E-state index contributed by atoms with van der Waals surface area (Å²) in [5.41, 5.74) is 17.8. The van der Waals surface area contributed by atoms with E-state index in [-0.39, 0.29) is 36.3 Å². The molecule has 15 heteroatoms. The molecular weight excluding hydrogens is 616 g/mol. The predicted molar refractivity (Wildman–Crippen MR) is 169 cm³/mol. The van der Waals surface area contributed by atoms with E-state index < -0.39 is 39.9 Å². The minimum Gasteiger partial charge on any atom is -0.466 e. The van der Waals surface area contributed by atoms with Gasteiger partial charge in [0.1, 0.15) is 5.54 Å². The number of guanidine groups is 1. The van der Waals surface area contributed by atoms with E-state index in [1.807, 2.05) is 13.0 Å². The number of ether oxygens (including phenoxy) is 1. The number of hydrogen-bond donors (Lipinski definition) is 5. The number of sulfonamides is 1. The van der Waals surface area contributed by atoms with Crippen LogP contribution in [-0.4, -0.2) is 50.9 Å². The van der Waals surface area contributed by atoms with Crippen LogP contribution in [0.25, 0.3) is 10.4 Å². The molecule has 0 saturated heterocycles. The number of nitrogens with one attached hydrogen (secondary N) is 2. The van der Waals surface area contributed by atoms with E-state index in [2.05, 4.69) is 15.0 Å². The highest BCUT2D eigenvalue weighted by Crippen LogP contribution is 2.31. The standard InChI is InChI=1S/C28H34N6O6S2.ClH/c1-16-12-17(2)24(18(3)13-16)42(38,39)34-28(26(29)37,10-11-40-19(4)35)15-32-25(36)23-9-8-22(41-23)20-6-5-7-21(14-20)33-27(30)31;/h5-9,12-14,34H,10-11,15H2,1-4H3,(H2,29,37)(H,32,36)(H4,30,31,33);1H. The van der Waals surface area contributed by atoms with Crippen LogP contribution in [0, 0.1) is 20.8 Å². The van der Waals surface area contributed by atoms with E-state index in [4.69, 9.17) is 21.9 Å².